The molecular formula is C48H58Cl2N12O12S2. The number of para-hydroxylation sites is 2. The van der Waals surface area contributed by atoms with E-state index < -0.39 is 53.9 Å². The van der Waals surface area contributed by atoms with E-state index in [2.05, 4.69) is 40.3 Å². The first kappa shape index (κ1) is 57.1. The van der Waals surface area contributed by atoms with E-state index in [-0.39, 0.29) is 59.8 Å². The van der Waals surface area contributed by atoms with Gasteiger partial charge in [-0.1, -0.05) is 35.3 Å². The van der Waals surface area contributed by atoms with Gasteiger partial charge in [-0.15, -0.1) is 20.4 Å². The van der Waals surface area contributed by atoms with Crippen molar-refractivity contribution in [2.75, 3.05) is 69.8 Å². The van der Waals surface area contributed by atoms with Crippen LogP contribution in [0.15, 0.2) is 61.2 Å². The summed E-state index contributed by atoms with van der Waals surface area (Å²) in [6, 6.07) is 10.4. The van der Waals surface area contributed by atoms with Crippen molar-refractivity contribution in [1.82, 2.24) is 59.3 Å². The second-order valence-electron chi connectivity index (χ2n) is 17.8. The van der Waals surface area contributed by atoms with E-state index in [9.17, 15) is 26.4 Å². The molecule has 408 valence electrons. The number of hydrogen-bond acceptors (Lipinski definition) is 20. The predicted molar refractivity (Wildman–Crippen MR) is 277 cm³/mol. The van der Waals surface area contributed by atoms with E-state index in [0.29, 0.717) is 69.2 Å². The van der Waals surface area contributed by atoms with Crippen molar-refractivity contribution in [2.45, 2.75) is 72.7 Å². The van der Waals surface area contributed by atoms with Crippen molar-refractivity contribution in [3.8, 4) is 34.4 Å². The van der Waals surface area contributed by atoms with Crippen LogP contribution in [0.3, 0.4) is 0 Å². The highest BCUT2D eigenvalue weighted by Crippen LogP contribution is 2.40. The number of likely N-dealkylation sites (tertiary alicyclic amines) is 2. The maximum absolute atomic E-state index is 13.7. The largest absolute Gasteiger partial charge is 0.494 e. The second-order valence-corrected chi connectivity index (χ2v) is 23.4. The van der Waals surface area contributed by atoms with Crippen molar-refractivity contribution in [2.24, 2.45) is 0 Å². The lowest BCUT2D eigenvalue weighted by Gasteiger charge is -2.22. The minimum Gasteiger partial charge on any atom is -0.494 e. The molecule has 2 amide bonds. The number of nitrogens with zero attached hydrogens (tertiary/aromatic N) is 12. The first-order chi connectivity index (χ1) is 36.2. The minimum absolute atomic E-state index is 0.0368. The van der Waals surface area contributed by atoms with Crippen LogP contribution < -0.4 is 18.9 Å². The molecule has 2 aromatic carbocycles. The summed E-state index contributed by atoms with van der Waals surface area (Å²) in [7, 11) is 4.41. The van der Waals surface area contributed by atoms with Gasteiger partial charge in [-0.2, -0.15) is 0 Å². The third-order valence-corrected chi connectivity index (χ3v) is 17.6. The normalized spacial score (nSPS) is 17.5. The molecule has 6 atom stereocenters. The number of rotatable bonds is 20. The summed E-state index contributed by atoms with van der Waals surface area (Å²) in [4.78, 5) is 44.4. The molecule has 0 N–H and O–H groups in total. The molecular weight excluding hydrogens is 1070 g/mol. The minimum atomic E-state index is -3.90. The number of aromatic nitrogens is 10. The molecule has 8 rings (SSSR count). The quantitative estimate of drug-likeness (QED) is 0.0999. The smallest absolute Gasteiger partial charge is 0.223 e. The van der Waals surface area contributed by atoms with Gasteiger partial charge in [0.1, 0.15) is 69.7 Å². The van der Waals surface area contributed by atoms with Crippen LogP contribution in [0.4, 0.5) is 0 Å². The Kier molecular flexibility index (Phi) is 18.2. The molecule has 0 radical (unpaired) electrons. The summed E-state index contributed by atoms with van der Waals surface area (Å²) in [5.41, 5.74) is 0.892. The number of sulfone groups is 2. The summed E-state index contributed by atoms with van der Waals surface area (Å²) in [6.07, 6.45) is 4.06. The Balaban J connectivity index is 0.000000221. The van der Waals surface area contributed by atoms with Gasteiger partial charge < -0.3 is 38.2 Å². The molecule has 6 heterocycles. The molecule has 28 heteroatoms. The van der Waals surface area contributed by atoms with Crippen LogP contribution in [0.2, 0.25) is 10.0 Å². The molecule has 2 fully saturated rings. The zero-order valence-electron chi connectivity index (χ0n) is 43.3. The van der Waals surface area contributed by atoms with Crippen LogP contribution in [-0.4, -0.2) is 168 Å². The van der Waals surface area contributed by atoms with Crippen LogP contribution in [-0.2, 0) is 50.2 Å². The molecule has 6 aromatic rings. The van der Waals surface area contributed by atoms with E-state index in [1.807, 2.05) is 0 Å². The average molecular weight is 1130 g/mol. The predicted octanol–water partition coefficient (Wildman–Crippen LogP) is 4.73. The standard InChI is InChI=1S/2C24H29ClN6O6S/c2*1-14(22(37-5)23-26-10-16(25)11-27-23)38(33,34)13-19-28-29-24(15-9-20(32)30(2)12-15)31(19)21-17(35-3)7-6-8-18(21)36-4/h2*6-8,10-11,14-15,22H,9,12-13H2,1-5H3/t14-,15+,22-;14-,15-,22-/m00/s1. The molecule has 2 saturated heterocycles. The van der Waals surface area contributed by atoms with Gasteiger partial charge in [-0.25, -0.2) is 36.8 Å². The van der Waals surface area contributed by atoms with Gasteiger partial charge in [0.2, 0.25) is 11.8 Å². The molecule has 0 unspecified atom stereocenters. The molecule has 4 aromatic heterocycles. The third kappa shape index (κ3) is 12.0. The fraction of sp³-hybridized carbons (Fsp3) is 0.458. The molecule has 0 aliphatic carbocycles. The Morgan fingerprint density at radius 3 is 1.13 bits per heavy atom. The SMILES string of the molecule is COc1cccc(OC)c1-n1c(CS(=O)(=O)[C@@H](C)[C@H](OC)c2ncc(Cl)cn2)nnc1[C@@H]1CC(=O)N(C)C1.COc1cccc(OC)c1-n1c(CS(=O)(=O)[C@@H](C)[C@H](OC)c2ncc(Cl)cn2)nnc1[C@H]1CC(=O)N(C)C1. The Morgan fingerprint density at radius 1 is 0.553 bits per heavy atom. The number of amides is 2. The summed E-state index contributed by atoms with van der Waals surface area (Å²) >= 11 is 11.8. The van der Waals surface area contributed by atoms with Gasteiger partial charge >= 0.3 is 0 Å². The van der Waals surface area contributed by atoms with Gasteiger partial charge in [0.15, 0.2) is 43.0 Å². The lowest BCUT2D eigenvalue weighted by molar-refractivity contribution is -0.127. The van der Waals surface area contributed by atoms with Gasteiger partial charge in [-0.3, -0.25) is 18.7 Å². The maximum atomic E-state index is 13.7. The Hall–Kier alpha value is -6.58. The number of hydrogen-bond donors (Lipinski definition) is 0. The molecule has 2 aliphatic rings. The van der Waals surface area contributed by atoms with Crippen LogP contribution >= 0.6 is 23.2 Å². The maximum Gasteiger partial charge on any atom is 0.223 e. The fourth-order valence-electron chi connectivity index (χ4n) is 8.99. The van der Waals surface area contributed by atoms with Gasteiger partial charge in [0, 0.05) is 90.9 Å². The first-order valence-corrected chi connectivity index (χ1v) is 27.6. The number of methoxy groups -OCH3 is 6. The Morgan fingerprint density at radius 2 is 0.868 bits per heavy atom. The number of likely N-dealkylation sites (N-methyl/N-ethyl adjacent to an activating group) is 2. The molecule has 0 spiro atoms. The van der Waals surface area contributed by atoms with E-state index in [0.717, 1.165) is 0 Å². The highest BCUT2D eigenvalue weighted by atomic mass is 35.5. The summed E-state index contributed by atoms with van der Waals surface area (Å²) in [5, 5.41) is 15.8. The number of carbonyl (C=O) groups is 2. The molecule has 76 heavy (non-hydrogen) atoms. The number of carbonyl (C=O) groups excluding carboxylic acids is 2. The molecule has 0 bridgehead atoms. The lowest BCUT2D eigenvalue weighted by atomic mass is 10.1. The lowest BCUT2D eigenvalue weighted by Crippen LogP contribution is -2.30. The van der Waals surface area contributed by atoms with Gasteiger partial charge in [0.05, 0.1) is 49.0 Å². The van der Waals surface area contributed by atoms with Crippen LogP contribution in [0.5, 0.6) is 23.0 Å². The zero-order chi connectivity index (χ0) is 55.2. The molecule has 24 nitrogen and oxygen atoms in total. The monoisotopic (exact) mass is 1130 g/mol. The van der Waals surface area contributed by atoms with Crippen molar-refractivity contribution in [3.05, 3.63) is 106 Å². The van der Waals surface area contributed by atoms with Crippen molar-refractivity contribution in [1.29, 1.82) is 0 Å². The van der Waals surface area contributed by atoms with Crippen LogP contribution in [0, 0.1) is 0 Å². The number of halogens is 2. The van der Waals surface area contributed by atoms with E-state index in [1.54, 1.807) is 69.4 Å². The topological polar surface area (TPSA) is 277 Å². The van der Waals surface area contributed by atoms with Crippen molar-refractivity contribution >= 4 is 54.7 Å². The zero-order valence-corrected chi connectivity index (χ0v) is 46.5. The highest BCUT2D eigenvalue weighted by molar-refractivity contribution is 7.91. The number of benzene rings is 2. The summed E-state index contributed by atoms with van der Waals surface area (Å²) < 4.78 is 91.4. The summed E-state index contributed by atoms with van der Waals surface area (Å²) in [6.45, 7) is 3.88. The van der Waals surface area contributed by atoms with E-state index >= 15 is 0 Å². The van der Waals surface area contributed by atoms with Crippen LogP contribution in [0.1, 0.15) is 85.7 Å². The third-order valence-electron chi connectivity index (χ3n) is 13.1. The molecule has 2 aliphatic heterocycles. The van der Waals surface area contributed by atoms with E-state index in [1.165, 1.54) is 81.3 Å². The summed E-state index contributed by atoms with van der Waals surface area (Å²) in [5.74, 6) is 1.61. The van der Waals surface area contributed by atoms with Gasteiger partial charge in [0.25, 0.3) is 0 Å². The van der Waals surface area contributed by atoms with E-state index in [4.69, 9.17) is 51.6 Å². The average Bonchev–Trinajstić information content (AvgIpc) is 4.18. The highest BCUT2D eigenvalue weighted by Gasteiger charge is 2.40. The van der Waals surface area contributed by atoms with Gasteiger partial charge in [-0.05, 0) is 38.1 Å². The first-order valence-electron chi connectivity index (χ1n) is 23.4. The Bertz CT molecular complexity index is 3000. The number of ether oxygens (including phenoxy) is 6. The molecule has 0 saturated carbocycles. The van der Waals surface area contributed by atoms with Crippen LogP contribution in [0.25, 0.3) is 11.4 Å². The fourth-order valence-corrected chi connectivity index (χ4v) is 12.0. The van der Waals surface area contributed by atoms with Crippen molar-refractivity contribution < 1.29 is 54.8 Å². The Labute approximate surface area is 449 Å². The van der Waals surface area contributed by atoms with Crippen molar-refractivity contribution in [3.63, 3.8) is 0 Å². The second kappa shape index (κ2) is 24.2.